The summed E-state index contributed by atoms with van der Waals surface area (Å²) in [5, 5.41) is 10.8. The Bertz CT molecular complexity index is 537. The second-order valence-electron chi connectivity index (χ2n) is 3.33. The molecule has 0 radical (unpaired) electrons. The molecule has 2 rings (SSSR count). The summed E-state index contributed by atoms with van der Waals surface area (Å²) in [5.74, 6) is -0.161. The van der Waals surface area contributed by atoms with Crippen molar-refractivity contribution in [3.05, 3.63) is 50.6 Å². The van der Waals surface area contributed by atoms with Crippen molar-refractivity contribution >= 4 is 45.0 Å². The van der Waals surface area contributed by atoms with E-state index in [2.05, 4.69) is 15.9 Å². The molecular formula is C12H9BrO2S2. The maximum atomic E-state index is 10.9. The van der Waals surface area contributed by atoms with Crippen LogP contribution in [-0.4, -0.2) is 11.1 Å². The Morgan fingerprint density at radius 3 is 2.94 bits per heavy atom. The third-order valence-corrected chi connectivity index (χ3v) is 4.61. The second kappa shape index (κ2) is 5.71. The number of rotatable bonds is 4. The van der Waals surface area contributed by atoms with Gasteiger partial charge in [0.25, 0.3) is 0 Å². The molecule has 0 unspecified atom stereocenters. The minimum Gasteiger partial charge on any atom is -0.477 e. The Hall–Kier alpha value is -0.780. The third kappa shape index (κ3) is 3.34. The van der Waals surface area contributed by atoms with Crippen LogP contribution in [0.3, 0.4) is 0 Å². The summed E-state index contributed by atoms with van der Waals surface area (Å²) in [6.07, 6.45) is 0. The van der Waals surface area contributed by atoms with E-state index in [4.69, 9.17) is 5.11 Å². The van der Waals surface area contributed by atoms with Gasteiger partial charge in [-0.15, -0.1) is 23.1 Å². The van der Waals surface area contributed by atoms with Gasteiger partial charge in [0.15, 0.2) is 0 Å². The summed E-state index contributed by atoms with van der Waals surface area (Å²) in [5.41, 5.74) is 0.882. The van der Waals surface area contributed by atoms with Gasteiger partial charge in [-0.25, -0.2) is 4.79 Å². The monoisotopic (exact) mass is 328 g/mol. The van der Waals surface area contributed by atoms with Crippen molar-refractivity contribution in [1.82, 2.24) is 0 Å². The summed E-state index contributed by atoms with van der Waals surface area (Å²) < 4.78 is 1.03. The molecule has 0 amide bonds. The average Bonchev–Trinajstić information content (AvgIpc) is 2.74. The number of hydrogen-bond donors (Lipinski definition) is 1. The van der Waals surface area contributed by atoms with Crippen LogP contribution < -0.4 is 0 Å². The fourth-order valence-electron chi connectivity index (χ4n) is 1.35. The van der Waals surface area contributed by atoms with Crippen LogP contribution in [0.5, 0.6) is 0 Å². The Morgan fingerprint density at radius 1 is 1.41 bits per heavy atom. The average molecular weight is 329 g/mol. The van der Waals surface area contributed by atoms with Crippen LogP contribution in [0.25, 0.3) is 0 Å². The van der Waals surface area contributed by atoms with Crippen LogP contribution in [0.1, 0.15) is 15.2 Å². The van der Waals surface area contributed by atoms with Gasteiger partial charge < -0.3 is 5.11 Å². The lowest BCUT2D eigenvalue weighted by atomic mass is 10.3. The van der Waals surface area contributed by atoms with E-state index in [1.165, 1.54) is 11.3 Å². The molecule has 0 aliphatic heterocycles. The number of carbonyl (C=O) groups is 1. The minimum atomic E-state index is -0.843. The molecule has 1 heterocycles. The lowest BCUT2D eigenvalue weighted by Gasteiger charge is -2.02. The second-order valence-corrected chi connectivity index (χ2v) is 6.21. The fraction of sp³-hybridized carbons (Fsp3) is 0.0833. The number of aromatic carboxylic acids is 1. The van der Waals surface area contributed by atoms with Crippen molar-refractivity contribution in [1.29, 1.82) is 0 Å². The molecule has 0 saturated carbocycles. The Kier molecular flexibility index (Phi) is 4.25. The van der Waals surface area contributed by atoms with E-state index in [0.29, 0.717) is 10.6 Å². The van der Waals surface area contributed by atoms with Crippen LogP contribution in [0.4, 0.5) is 0 Å². The van der Waals surface area contributed by atoms with Gasteiger partial charge in [0.2, 0.25) is 0 Å². The van der Waals surface area contributed by atoms with Crippen molar-refractivity contribution in [2.24, 2.45) is 0 Å². The van der Waals surface area contributed by atoms with E-state index in [-0.39, 0.29) is 0 Å². The normalized spacial score (nSPS) is 10.4. The maximum Gasteiger partial charge on any atom is 0.346 e. The molecule has 5 heteroatoms. The van der Waals surface area contributed by atoms with Gasteiger partial charge in [0, 0.05) is 15.1 Å². The lowest BCUT2D eigenvalue weighted by molar-refractivity contribution is 0.0701. The van der Waals surface area contributed by atoms with E-state index in [9.17, 15) is 4.79 Å². The van der Waals surface area contributed by atoms with Gasteiger partial charge in [0.05, 0.1) is 0 Å². The molecule has 1 N–H and O–H groups in total. The van der Waals surface area contributed by atoms with Gasteiger partial charge in [-0.3, -0.25) is 0 Å². The number of thiophene rings is 1. The molecule has 0 atom stereocenters. The van der Waals surface area contributed by atoms with Gasteiger partial charge in [0.1, 0.15) is 4.88 Å². The smallest absolute Gasteiger partial charge is 0.346 e. The third-order valence-electron chi connectivity index (χ3n) is 2.13. The van der Waals surface area contributed by atoms with Crippen molar-refractivity contribution in [3.63, 3.8) is 0 Å². The fourth-order valence-corrected chi connectivity index (χ4v) is 3.71. The molecule has 1 aromatic heterocycles. The highest BCUT2D eigenvalue weighted by atomic mass is 79.9. The highest BCUT2D eigenvalue weighted by Crippen LogP contribution is 2.28. The largest absolute Gasteiger partial charge is 0.477 e. The Labute approximate surface area is 116 Å². The first-order valence-electron chi connectivity index (χ1n) is 4.85. The van der Waals surface area contributed by atoms with Crippen LogP contribution >= 0.6 is 39.0 Å². The molecule has 0 saturated heterocycles. The number of halogens is 1. The quantitative estimate of drug-likeness (QED) is 0.839. The first-order valence-corrected chi connectivity index (χ1v) is 7.50. The molecule has 2 aromatic rings. The highest BCUT2D eigenvalue weighted by Gasteiger charge is 2.11. The predicted molar refractivity (Wildman–Crippen MR) is 75.0 cm³/mol. The summed E-state index contributed by atoms with van der Waals surface area (Å²) in [6, 6.07) is 9.86. The van der Waals surface area contributed by atoms with Crippen molar-refractivity contribution < 1.29 is 9.90 Å². The SMILES string of the molecule is O=C(O)c1sccc1CSc1cccc(Br)c1. The van der Waals surface area contributed by atoms with Crippen molar-refractivity contribution in [2.45, 2.75) is 10.6 Å². The zero-order chi connectivity index (χ0) is 12.3. The summed E-state index contributed by atoms with van der Waals surface area (Å²) >= 11 is 6.32. The topological polar surface area (TPSA) is 37.3 Å². The van der Waals surface area contributed by atoms with Crippen molar-refractivity contribution in [3.8, 4) is 0 Å². The standard InChI is InChI=1S/C12H9BrO2S2/c13-9-2-1-3-10(6-9)17-7-8-4-5-16-11(8)12(14)15/h1-6H,7H2,(H,14,15). The number of thioether (sulfide) groups is 1. The first-order chi connectivity index (χ1) is 8.16. The molecule has 88 valence electrons. The number of carboxylic acid groups (broad SMARTS) is 1. The lowest BCUT2D eigenvalue weighted by Crippen LogP contribution is -1.96. The van der Waals surface area contributed by atoms with E-state index >= 15 is 0 Å². The molecule has 0 fully saturated rings. The van der Waals surface area contributed by atoms with Crippen LogP contribution in [0.15, 0.2) is 45.1 Å². The van der Waals surface area contributed by atoms with Crippen LogP contribution in [-0.2, 0) is 5.75 Å². The Balaban J connectivity index is 2.07. The van der Waals surface area contributed by atoms with E-state index in [1.54, 1.807) is 11.8 Å². The van der Waals surface area contributed by atoms with Crippen molar-refractivity contribution in [2.75, 3.05) is 0 Å². The molecule has 17 heavy (non-hydrogen) atoms. The molecule has 0 aliphatic carbocycles. The van der Waals surface area contributed by atoms with Gasteiger partial charge in [-0.2, -0.15) is 0 Å². The van der Waals surface area contributed by atoms with E-state index < -0.39 is 5.97 Å². The number of benzene rings is 1. The van der Waals surface area contributed by atoms with E-state index in [0.717, 1.165) is 14.9 Å². The van der Waals surface area contributed by atoms with Gasteiger partial charge in [-0.1, -0.05) is 22.0 Å². The first kappa shape index (κ1) is 12.7. The summed E-state index contributed by atoms with van der Waals surface area (Å²) in [6.45, 7) is 0. The molecule has 0 bridgehead atoms. The van der Waals surface area contributed by atoms with Crippen LogP contribution in [0.2, 0.25) is 0 Å². The zero-order valence-corrected chi connectivity index (χ0v) is 11.9. The maximum absolute atomic E-state index is 10.9. The zero-order valence-electron chi connectivity index (χ0n) is 8.72. The number of carboxylic acids is 1. The van der Waals surface area contributed by atoms with E-state index in [1.807, 2.05) is 35.7 Å². The molecular weight excluding hydrogens is 320 g/mol. The van der Waals surface area contributed by atoms with Gasteiger partial charge >= 0.3 is 5.97 Å². The molecule has 0 aliphatic rings. The highest BCUT2D eigenvalue weighted by molar-refractivity contribution is 9.10. The number of hydrogen-bond acceptors (Lipinski definition) is 3. The molecule has 2 nitrogen and oxygen atoms in total. The van der Waals surface area contributed by atoms with Gasteiger partial charge in [-0.05, 0) is 35.2 Å². The minimum absolute atomic E-state index is 0.437. The van der Waals surface area contributed by atoms with Crippen LogP contribution in [0, 0.1) is 0 Å². The molecule has 1 aromatic carbocycles. The molecule has 0 spiro atoms. The summed E-state index contributed by atoms with van der Waals surface area (Å²) in [7, 11) is 0. The Morgan fingerprint density at radius 2 is 2.24 bits per heavy atom. The summed E-state index contributed by atoms with van der Waals surface area (Å²) in [4.78, 5) is 12.5. The predicted octanol–water partition coefficient (Wildman–Crippen LogP) is 4.50.